The van der Waals surface area contributed by atoms with E-state index in [1.807, 2.05) is 36.4 Å². The lowest BCUT2D eigenvalue weighted by Gasteiger charge is -2.29. The number of halogens is 1. The van der Waals surface area contributed by atoms with Gasteiger partial charge in [-0.15, -0.1) is 0 Å². The predicted octanol–water partition coefficient (Wildman–Crippen LogP) is 3.97. The number of anilines is 2. The molecule has 2 heterocycles. The van der Waals surface area contributed by atoms with Crippen molar-refractivity contribution in [3.05, 3.63) is 95.3 Å². The normalized spacial score (nSPS) is 15.7. The fourth-order valence-corrected chi connectivity index (χ4v) is 5.13. The maximum Gasteiger partial charge on any atom is 0.412 e. The first kappa shape index (κ1) is 28.1. The fourth-order valence-electron chi connectivity index (χ4n) is 5.13. The van der Waals surface area contributed by atoms with Crippen molar-refractivity contribution in [1.82, 2.24) is 15.1 Å². The van der Waals surface area contributed by atoms with Crippen molar-refractivity contribution in [2.75, 3.05) is 62.6 Å². The first-order valence-electron chi connectivity index (χ1n) is 13.9. The Hall–Kier alpha value is -4.44. The Balaban J connectivity index is 1.33. The maximum atomic E-state index is 13.7. The Labute approximate surface area is 238 Å². The van der Waals surface area contributed by atoms with E-state index in [0.717, 1.165) is 24.3 Å². The van der Waals surface area contributed by atoms with Gasteiger partial charge in [0.15, 0.2) is 0 Å². The van der Waals surface area contributed by atoms with E-state index in [2.05, 4.69) is 15.5 Å². The molecule has 0 unspecified atom stereocenters. The van der Waals surface area contributed by atoms with Crippen LogP contribution in [-0.4, -0.2) is 80.1 Å². The number of rotatable bonds is 6. The molecule has 2 aliphatic rings. The van der Waals surface area contributed by atoms with Crippen molar-refractivity contribution in [3.8, 4) is 0 Å². The summed E-state index contributed by atoms with van der Waals surface area (Å²) in [5.74, 6) is -0.759. The summed E-state index contributed by atoms with van der Waals surface area (Å²) in [6.07, 6.45) is 0.0556. The minimum atomic E-state index is -0.625. The summed E-state index contributed by atoms with van der Waals surface area (Å²) in [7, 11) is 0. The van der Waals surface area contributed by atoms with Crippen molar-refractivity contribution < 1.29 is 23.5 Å². The zero-order valence-electron chi connectivity index (χ0n) is 22.9. The van der Waals surface area contributed by atoms with Crippen LogP contribution in [0.4, 0.5) is 20.6 Å². The molecule has 5 rings (SSSR count). The highest BCUT2D eigenvalue weighted by atomic mass is 19.1. The van der Waals surface area contributed by atoms with Gasteiger partial charge in [-0.3, -0.25) is 14.9 Å². The van der Waals surface area contributed by atoms with Gasteiger partial charge in [0.25, 0.3) is 11.8 Å². The lowest BCUT2D eigenvalue weighted by Crippen LogP contribution is -2.46. The summed E-state index contributed by atoms with van der Waals surface area (Å²) in [6.45, 7) is 4.89. The molecule has 3 amide bonds. The van der Waals surface area contributed by atoms with Gasteiger partial charge in [-0.05, 0) is 48.4 Å². The number of hydrogen-bond donors (Lipinski definition) is 2. The van der Waals surface area contributed by atoms with Gasteiger partial charge in [-0.1, -0.05) is 36.4 Å². The topological polar surface area (TPSA) is 94.2 Å². The molecule has 2 saturated heterocycles. The second-order valence-corrected chi connectivity index (χ2v) is 10.1. The molecular formula is C31H34FN5O4. The minimum absolute atomic E-state index is 0.0958. The lowest BCUT2D eigenvalue weighted by atomic mass is 10.1. The van der Waals surface area contributed by atoms with Crippen molar-refractivity contribution >= 4 is 29.3 Å². The van der Waals surface area contributed by atoms with Crippen molar-refractivity contribution in [3.63, 3.8) is 0 Å². The quantitative estimate of drug-likeness (QED) is 0.475. The predicted molar refractivity (Wildman–Crippen MR) is 155 cm³/mol. The third kappa shape index (κ3) is 7.20. The van der Waals surface area contributed by atoms with Crippen LogP contribution in [0, 0.1) is 5.82 Å². The van der Waals surface area contributed by atoms with Gasteiger partial charge < -0.3 is 24.8 Å². The van der Waals surface area contributed by atoms with E-state index in [1.54, 1.807) is 28.0 Å². The first-order chi connectivity index (χ1) is 20.0. The Morgan fingerprint density at radius 3 is 2.27 bits per heavy atom. The molecule has 0 radical (unpaired) electrons. The molecule has 9 nitrogen and oxygen atoms in total. The minimum Gasteiger partial charge on any atom is -0.444 e. The van der Waals surface area contributed by atoms with Crippen LogP contribution in [0.15, 0.2) is 72.8 Å². The molecule has 0 atom stereocenters. The maximum absolute atomic E-state index is 13.7. The van der Waals surface area contributed by atoms with Crippen LogP contribution >= 0.6 is 0 Å². The molecule has 0 spiro atoms. The number of carbonyl (C=O) groups is 3. The molecule has 214 valence electrons. The first-order valence-corrected chi connectivity index (χ1v) is 13.9. The molecule has 41 heavy (non-hydrogen) atoms. The van der Waals surface area contributed by atoms with Gasteiger partial charge in [0.05, 0.1) is 11.4 Å². The molecule has 2 aliphatic heterocycles. The Morgan fingerprint density at radius 2 is 1.51 bits per heavy atom. The molecule has 2 fully saturated rings. The fraction of sp³-hybridized carbons (Fsp3) is 0.323. The molecule has 3 aromatic rings. The van der Waals surface area contributed by atoms with Gasteiger partial charge in [0.1, 0.15) is 12.4 Å². The molecule has 10 heteroatoms. The zero-order chi connectivity index (χ0) is 28.6. The average Bonchev–Trinajstić information content (AvgIpc) is 3.26. The zero-order valence-corrected chi connectivity index (χ0v) is 22.9. The number of amides is 3. The Bertz CT molecular complexity index is 1380. The van der Waals surface area contributed by atoms with Crippen LogP contribution in [0.2, 0.25) is 0 Å². The molecule has 0 aliphatic carbocycles. The second kappa shape index (κ2) is 13.3. The highest BCUT2D eigenvalue weighted by Gasteiger charge is 2.25. The highest BCUT2D eigenvalue weighted by Crippen LogP contribution is 2.29. The van der Waals surface area contributed by atoms with Crippen LogP contribution in [-0.2, 0) is 11.3 Å². The van der Waals surface area contributed by atoms with E-state index in [9.17, 15) is 18.8 Å². The van der Waals surface area contributed by atoms with E-state index in [1.165, 1.54) is 18.2 Å². The van der Waals surface area contributed by atoms with E-state index >= 15 is 0 Å². The molecular weight excluding hydrogens is 525 g/mol. The van der Waals surface area contributed by atoms with Crippen LogP contribution in [0.3, 0.4) is 0 Å². The molecule has 2 N–H and O–H groups in total. The third-order valence-electron chi connectivity index (χ3n) is 7.29. The third-order valence-corrected chi connectivity index (χ3v) is 7.29. The Morgan fingerprint density at radius 1 is 0.780 bits per heavy atom. The van der Waals surface area contributed by atoms with E-state index in [0.29, 0.717) is 62.5 Å². The van der Waals surface area contributed by atoms with E-state index in [4.69, 9.17) is 4.74 Å². The van der Waals surface area contributed by atoms with Crippen molar-refractivity contribution in [2.24, 2.45) is 0 Å². The van der Waals surface area contributed by atoms with Crippen LogP contribution in [0.5, 0.6) is 0 Å². The van der Waals surface area contributed by atoms with Crippen LogP contribution in [0.25, 0.3) is 0 Å². The van der Waals surface area contributed by atoms with Crippen LogP contribution < -0.4 is 15.5 Å². The highest BCUT2D eigenvalue weighted by molar-refractivity contribution is 5.99. The number of nitrogens with zero attached hydrogens (tertiary/aromatic N) is 3. The van der Waals surface area contributed by atoms with Crippen molar-refractivity contribution in [1.29, 1.82) is 0 Å². The smallest absolute Gasteiger partial charge is 0.412 e. The molecule has 3 aromatic carbocycles. The van der Waals surface area contributed by atoms with E-state index in [-0.39, 0.29) is 18.4 Å². The second-order valence-electron chi connectivity index (χ2n) is 10.1. The average molecular weight is 560 g/mol. The number of hydrogen-bond acceptors (Lipinski definition) is 6. The van der Waals surface area contributed by atoms with Crippen LogP contribution in [0.1, 0.15) is 32.7 Å². The molecule has 0 bridgehead atoms. The molecule has 0 aromatic heterocycles. The van der Waals surface area contributed by atoms with Crippen molar-refractivity contribution in [2.45, 2.75) is 13.0 Å². The molecule has 0 saturated carbocycles. The summed E-state index contributed by atoms with van der Waals surface area (Å²) in [5, 5.41) is 6.10. The lowest BCUT2D eigenvalue weighted by molar-refractivity contribution is 0.0734. The van der Waals surface area contributed by atoms with Gasteiger partial charge in [0.2, 0.25) is 0 Å². The number of piperazine rings is 1. The number of carbonyl (C=O) groups excluding carboxylic acids is 3. The summed E-state index contributed by atoms with van der Waals surface area (Å²) in [5.41, 5.74) is 2.86. The summed E-state index contributed by atoms with van der Waals surface area (Å²) >= 11 is 0. The monoisotopic (exact) mass is 559 g/mol. The van der Waals surface area contributed by atoms with Gasteiger partial charge in [-0.25, -0.2) is 9.18 Å². The number of ether oxygens (including phenoxy) is 1. The van der Waals surface area contributed by atoms with E-state index < -0.39 is 11.9 Å². The summed E-state index contributed by atoms with van der Waals surface area (Å²) in [6, 6.07) is 20.4. The van der Waals surface area contributed by atoms with Gasteiger partial charge in [0, 0.05) is 63.5 Å². The van der Waals surface area contributed by atoms with Gasteiger partial charge >= 0.3 is 6.09 Å². The number of nitrogens with one attached hydrogen (secondary N) is 2. The largest absolute Gasteiger partial charge is 0.444 e. The number of benzene rings is 3. The summed E-state index contributed by atoms with van der Waals surface area (Å²) < 4.78 is 19.2. The van der Waals surface area contributed by atoms with Gasteiger partial charge in [-0.2, -0.15) is 0 Å². The standard InChI is InChI=1S/C31H34FN5O4/c32-26-9-4-8-24(20-26)29(38)36-15-5-14-35(18-19-36)28-11-10-25(30(39)37-16-12-33-13-17-37)21-27(28)34-31(40)41-22-23-6-2-1-3-7-23/h1-4,6-11,20-21,33H,5,12-19,22H2,(H,34,40). The summed E-state index contributed by atoms with van der Waals surface area (Å²) in [4.78, 5) is 44.7. The SMILES string of the molecule is O=C(Nc1cc(C(=O)N2CCNCC2)ccc1N1CCCN(C(=O)c2cccc(F)c2)CC1)OCc1ccccc1. The Kier molecular flexibility index (Phi) is 9.10.